The van der Waals surface area contributed by atoms with Gasteiger partial charge in [0.05, 0.1) is 7.11 Å². The number of nitrogens with zero attached hydrogens (tertiary/aromatic N) is 1. The van der Waals surface area contributed by atoms with Crippen LogP contribution in [0.25, 0.3) is 0 Å². The van der Waals surface area contributed by atoms with Gasteiger partial charge in [0.25, 0.3) is 0 Å². The van der Waals surface area contributed by atoms with Gasteiger partial charge in [-0.2, -0.15) is 0 Å². The third-order valence-electron chi connectivity index (χ3n) is 3.40. The molecule has 0 bridgehead atoms. The molecular formula is C14H21N3O2. The van der Waals surface area contributed by atoms with Crippen molar-refractivity contribution in [3.8, 4) is 5.75 Å². The van der Waals surface area contributed by atoms with Crippen LogP contribution in [0.3, 0.4) is 0 Å². The van der Waals surface area contributed by atoms with Crippen molar-refractivity contribution in [1.82, 2.24) is 4.90 Å². The fraction of sp³-hybridized carbons (Fsp3) is 0.500. The van der Waals surface area contributed by atoms with E-state index in [0.29, 0.717) is 6.54 Å². The number of nitrogens with one attached hydrogen (secondary N) is 1. The highest BCUT2D eigenvalue weighted by molar-refractivity contribution is 5.89. The maximum atomic E-state index is 12.1. The predicted octanol–water partition coefficient (Wildman–Crippen LogP) is 1.96. The Morgan fingerprint density at radius 3 is 3.00 bits per heavy atom. The first-order valence-electron chi connectivity index (χ1n) is 6.56. The van der Waals surface area contributed by atoms with E-state index in [-0.39, 0.29) is 12.1 Å². The van der Waals surface area contributed by atoms with Gasteiger partial charge in [-0.3, -0.25) is 0 Å². The van der Waals surface area contributed by atoms with Crippen molar-refractivity contribution in [1.29, 1.82) is 0 Å². The molecule has 1 fully saturated rings. The molecule has 2 rings (SSSR count). The molecule has 104 valence electrons. The molecule has 3 N–H and O–H groups in total. The number of hydrogen-bond donors (Lipinski definition) is 2. The van der Waals surface area contributed by atoms with Crippen LogP contribution in [-0.4, -0.2) is 37.2 Å². The van der Waals surface area contributed by atoms with Gasteiger partial charge in [-0.1, -0.05) is 6.07 Å². The first kappa shape index (κ1) is 13.7. The van der Waals surface area contributed by atoms with E-state index in [1.807, 2.05) is 25.1 Å². The zero-order chi connectivity index (χ0) is 13.8. The first-order valence-corrected chi connectivity index (χ1v) is 6.56. The Morgan fingerprint density at radius 2 is 2.32 bits per heavy atom. The summed E-state index contributed by atoms with van der Waals surface area (Å²) in [6.45, 7) is 3.35. The van der Waals surface area contributed by atoms with Crippen LogP contribution in [0.2, 0.25) is 0 Å². The molecule has 5 heteroatoms. The largest absolute Gasteiger partial charge is 0.496 e. The van der Waals surface area contributed by atoms with Gasteiger partial charge in [0.2, 0.25) is 0 Å². The summed E-state index contributed by atoms with van der Waals surface area (Å²) in [6, 6.07) is 5.63. The lowest BCUT2D eigenvalue weighted by Crippen LogP contribution is -2.47. The zero-order valence-corrected chi connectivity index (χ0v) is 11.5. The van der Waals surface area contributed by atoms with E-state index in [9.17, 15) is 4.79 Å². The van der Waals surface area contributed by atoms with Gasteiger partial charge >= 0.3 is 6.03 Å². The molecule has 1 aliphatic rings. The monoisotopic (exact) mass is 263 g/mol. The number of aryl methyl sites for hydroxylation is 1. The van der Waals surface area contributed by atoms with Crippen LogP contribution in [0.1, 0.15) is 18.4 Å². The summed E-state index contributed by atoms with van der Waals surface area (Å²) < 4.78 is 5.24. The molecule has 0 aliphatic carbocycles. The van der Waals surface area contributed by atoms with Gasteiger partial charge < -0.3 is 20.7 Å². The van der Waals surface area contributed by atoms with Crippen LogP contribution in [0.15, 0.2) is 18.2 Å². The molecule has 0 radical (unpaired) electrons. The normalized spacial score (nSPS) is 19.1. The summed E-state index contributed by atoms with van der Waals surface area (Å²) in [6.07, 6.45) is 1.95. The molecule has 1 atom stereocenters. The Bertz CT molecular complexity index is 462. The minimum Gasteiger partial charge on any atom is -0.496 e. The zero-order valence-electron chi connectivity index (χ0n) is 11.5. The predicted molar refractivity (Wildman–Crippen MR) is 75.5 cm³/mol. The second kappa shape index (κ2) is 5.93. The second-order valence-electron chi connectivity index (χ2n) is 4.96. The number of carbonyl (C=O) groups excluding carboxylic acids is 1. The summed E-state index contributed by atoms with van der Waals surface area (Å²) in [7, 11) is 1.62. The lowest BCUT2D eigenvalue weighted by Gasteiger charge is -2.30. The average molecular weight is 263 g/mol. The SMILES string of the molecule is COc1cc(NC(=O)N2CCCC(N)C2)ccc1C. The van der Waals surface area contributed by atoms with E-state index in [2.05, 4.69) is 5.32 Å². The number of amides is 2. The minimum atomic E-state index is -0.0962. The molecule has 1 aliphatic heterocycles. The van der Waals surface area contributed by atoms with E-state index in [1.54, 1.807) is 12.0 Å². The van der Waals surface area contributed by atoms with Crippen molar-refractivity contribution < 1.29 is 9.53 Å². The Morgan fingerprint density at radius 1 is 1.53 bits per heavy atom. The van der Waals surface area contributed by atoms with Gasteiger partial charge in [0, 0.05) is 30.9 Å². The van der Waals surface area contributed by atoms with E-state index in [0.717, 1.165) is 36.4 Å². The molecule has 19 heavy (non-hydrogen) atoms. The molecule has 5 nitrogen and oxygen atoms in total. The fourth-order valence-corrected chi connectivity index (χ4v) is 2.29. The van der Waals surface area contributed by atoms with E-state index < -0.39 is 0 Å². The minimum absolute atomic E-state index is 0.0899. The van der Waals surface area contributed by atoms with Gasteiger partial charge in [-0.05, 0) is 31.4 Å². The lowest BCUT2D eigenvalue weighted by molar-refractivity contribution is 0.193. The van der Waals surface area contributed by atoms with Crippen molar-refractivity contribution in [2.75, 3.05) is 25.5 Å². The number of carbonyl (C=O) groups is 1. The van der Waals surface area contributed by atoms with Gasteiger partial charge in [0.1, 0.15) is 5.75 Å². The molecule has 1 unspecified atom stereocenters. The second-order valence-corrected chi connectivity index (χ2v) is 4.96. The van der Waals surface area contributed by atoms with Crippen LogP contribution in [0, 0.1) is 6.92 Å². The standard InChI is InChI=1S/C14H21N3O2/c1-10-5-6-12(8-13(10)19-2)16-14(18)17-7-3-4-11(15)9-17/h5-6,8,11H,3-4,7,9,15H2,1-2H3,(H,16,18). The lowest BCUT2D eigenvalue weighted by atomic mass is 10.1. The van der Waals surface area contributed by atoms with Gasteiger partial charge in [-0.15, -0.1) is 0 Å². The molecule has 1 saturated heterocycles. The molecular weight excluding hydrogens is 242 g/mol. The van der Waals surface area contributed by atoms with Crippen molar-refractivity contribution in [2.24, 2.45) is 5.73 Å². The number of piperidine rings is 1. The molecule has 0 aromatic heterocycles. The molecule has 0 saturated carbocycles. The highest BCUT2D eigenvalue weighted by Crippen LogP contribution is 2.22. The molecule has 1 heterocycles. The van der Waals surface area contributed by atoms with Crippen LogP contribution in [0.5, 0.6) is 5.75 Å². The van der Waals surface area contributed by atoms with Gasteiger partial charge in [-0.25, -0.2) is 4.79 Å². The smallest absolute Gasteiger partial charge is 0.321 e. The van der Waals surface area contributed by atoms with Crippen molar-refractivity contribution in [3.05, 3.63) is 23.8 Å². The third kappa shape index (κ3) is 3.38. The number of likely N-dealkylation sites (tertiary alicyclic amines) is 1. The third-order valence-corrected chi connectivity index (χ3v) is 3.40. The van der Waals surface area contributed by atoms with E-state index >= 15 is 0 Å². The molecule has 1 aromatic rings. The van der Waals surface area contributed by atoms with Crippen LogP contribution < -0.4 is 15.8 Å². The summed E-state index contributed by atoms with van der Waals surface area (Å²) in [4.78, 5) is 13.9. The number of anilines is 1. The van der Waals surface area contributed by atoms with E-state index in [1.165, 1.54) is 0 Å². The Hall–Kier alpha value is -1.75. The number of methoxy groups -OCH3 is 1. The molecule has 1 aromatic carbocycles. The summed E-state index contributed by atoms with van der Waals surface area (Å²) in [5.74, 6) is 0.771. The van der Waals surface area contributed by atoms with Crippen LogP contribution in [0.4, 0.5) is 10.5 Å². The average Bonchev–Trinajstić information content (AvgIpc) is 2.41. The molecule has 0 spiro atoms. The van der Waals surface area contributed by atoms with Crippen molar-refractivity contribution in [2.45, 2.75) is 25.8 Å². The number of urea groups is 1. The van der Waals surface area contributed by atoms with Crippen molar-refractivity contribution >= 4 is 11.7 Å². The maximum absolute atomic E-state index is 12.1. The quantitative estimate of drug-likeness (QED) is 0.857. The fourth-order valence-electron chi connectivity index (χ4n) is 2.29. The number of ether oxygens (including phenoxy) is 1. The summed E-state index contributed by atoms with van der Waals surface area (Å²) in [5.41, 5.74) is 7.66. The highest BCUT2D eigenvalue weighted by atomic mass is 16.5. The number of nitrogens with two attached hydrogens (primary N) is 1. The van der Waals surface area contributed by atoms with Crippen molar-refractivity contribution in [3.63, 3.8) is 0 Å². The van der Waals surface area contributed by atoms with Crippen LogP contribution in [-0.2, 0) is 0 Å². The Kier molecular flexibility index (Phi) is 4.27. The topological polar surface area (TPSA) is 67.6 Å². The van der Waals surface area contributed by atoms with Gasteiger partial charge in [0.15, 0.2) is 0 Å². The first-order chi connectivity index (χ1) is 9.10. The Labute approximate surface area is 113 Å². The number of benzene rings is 1. The molecule has 2 amide bonds. The number of rotatable bonds is 2. The summed E-state index contributed by atoms with van der Waals surface area (Å²) >= 11 is 0. The summed E-state index contributed by atoms with van der Waals surface area (Å²) in [5, 5.41) is 2.89. The van der Waals surface area contributed by atoms with E-state index in [4.69, 9.17) is 10.5 Å². The van der Waals surface area contributed by atoms with Crippen LogP contribution >= 0.6 is 0 Å². The Balaban J connectivity index is 2.02. The number of hydrogen-bond acceptors (Lipinski definition) is 3. The highest BCUT2D eigenvalue weighted by Gasteiger charge is 2.21. The maximum Gasteiger partial charge on any atom is 0.321 e.